The number of nitrogen functional groups attached to an aromatic ring is 1. The van der Waals surface area contributed by atoms with Crippen molar-refractivity contribution in [3.63, 3.8) is 0 Å². The number of aliphatic hydroxyl groups excluding tert-OH is 1. The van der Waals surface area contributed by atoms with Crippen LogP contribution >= 0.6 is 0 Å². The third-order valence-corrected chi connectivity index (χ3v) is 5.87. The smallest absolute Gasteiger partial charge is 0.338 e. The van der Waals surface area contributed by atoms with Crippen molar-refractivity contribution in [2.75, 3.05) is 12.3 Å². The SMILES string of the molecule is Cc1ccc(C(=O)OCC2O[C@@H](n3ccc(N)c(F)c3=O)[C@H](O)[C@@H]2OC(=O)c2ccc(C)cc2)cc1. The van der Waals surface area contributed by atoms with Gasteiger partial charge in [-0.15, -0.1) is 0 Å². The van der Waals surface area contributed by atoms with Gasteiger partial charge in [-0.3, -0.25) is 9.36 Å². The van der Waals surface area contributed by atoms with E-state index in [2.05, 4.69) is 0 Å². The maximum atomic E-state index is 14.1. The van der Waals surface area contributed by atoms with Crippen molar-refractivity contribution in [2.24, 2.45) is 0 Å². The molecule has 188 valence electrons. The third kappa shape index (κ3) is 5.14. The van der Waals surface area contributed by atoms with E-state index in [1.54, 1.807) is 48.5 Å². The number of pyridine rings is 1. The van der Waals surface area contributed by atoms with Crippen LogP contribution in [0.4, 0.5) is 10.1 Å². The largest absolute Gasteiger partial charge is 0.459 e. The average Bonchev–Trinajstić information content (AvgIpc) is 3.16. The Labute approximate surface area is 205 Å². The van der Waals surface area contributed by atoms with Gasteiger partial charge in [0.15, 0.2) is 12.3 Å². The molecule has 1 aromatic heterocycles. The quantitative estimate of drug-likeness (QED) is 0.498. The number of aromatic nitrogens is 1. The minimum Gasteiger partial charge on any atom is -0.459 e. The molecular formula is C26H25FN2O7. The summed E-state index contributed by atoms with van der Waals surface area (Å²) in [4.78, 5) is 37.7. The van der Waals surface area contributed by atoms with Crippen molar-refractivity contribution >= 4 is 17.6 Å². The molecule has 3 aromatic rings. The zero-order valence-corrected chi connectivity index (χ0v) is 19.6. The highest BCUT2D eigenvalue weighted by molar-refractivity contribution is 5.90. The Hall–Kier alpha value is -4.02. The molecule has 1 unspecified atom stereocenters. The molecule has 9 nitrogen and oxygen atoms in total. The first-order valence-corrected chi connectivity index (χ1v) is 11.2. The third-order valence-electron chi connectivity index (χ3n) is 5.87. The van der Waals surface area contributed by atoms with Gasteiger partial charge in [0, 0.05) is 6.20 Å². The first-order chi connectivity index (χ1) is 17.2. The van der Waals surface area contributed by atoms with Crippen LogP contribution in [0.25, 0.3) is 0 Å². The van der Waals surface area contributed by atoms with E-state index < -0.39 is 54.5 Å². The second kappa shape index (κ2) is 10.3. The summed E-state index contributed by atoms with van der Waals surface area (Å²) >= 11 is 0. The van der Waals surface area contributed by atoms with Crippen molar-refractivity contribution in [1.82, 2.24) is 4.57 Å². The summed E-state index contributed by atoms with van der Waals surface area (Å²) in [5, 5.41) is 11.0. The first kappa shape index (κ1) is 25.1. The Kier molecular flexibility index (Phi) is 7.18. The molecule has 1 fully saturated rings. The van der Waals surface area contributed by atoms with Gasteiger partial charge in [-0.25, -0.2) is 9.59 Å². The maximum Gasteiger partial charge on any atom is 0.338 e. The zero-order valence-electron chi connectivity index (χ0n) is 19.6. The zero-order chi connectivity index (χ0) is 26.0. The predicted molar refractivity (Wildman–Crippen MR) is 127 cm³/mol. The number of esters is 2. The summed E-state index contributed by atoms with van der Waals surface area (Å²) in [6.45, 7) is 3.33. The van der Waals surface area contributed by atoms with Gasteiger partial charge in [-0.2, -0.15) is 4.39 Å². The van der Waals surface area contributed by atoms with Gasteiger partial charge in [-0.1, -0.05) is 35.4 Å². The van der Waals surface area contributed by atoms with Crippen molar-refractivity contribution in [1.29, 1.82) is 0 Å². The van der Waals surface area contributed by atoms with Crippen LogP contribution in [0.3, 0.4) is 0 Å². The molecule has 2 heterocycles. The number of ether oxygens (including phenoxy) is 3. The number of hydrogen-bond acceptors (Lipinski definition) is 8. The molecule has 0 amide bonds. The summed E-state index contributed by atoms with van der Waals surface area (Å²) in [5.41, 5.74) is 6.36. The van der Waals surface area contributed by atoms with E-state index in [1.807, 2.05) is 13.8 Å². The van der Waals surface area contributed by atoms with E-state index in [9.17, 15) is 23.9 Å². The number of carbonyl (C=O) groups excluding carboxylic acids is 2. The van der Waals surface area contributed by atoms with Gasteiger partial charge < -0.3 is 25.1 Å². The fourth-order valence-corrected chi connectivity index (χ4v) is 3.78. The Bertz CT molecular complexity index is 1320. The number of hydrogen-bond donors (Lipinski definition) is 2. The van der Waals surface area contributed by atoms with E-state index in [-0.39, 0.29) is 11.3 Å². The van der Waals surface area contributed by atoms with Crippen LogP contribution in [0.15, 0.2) is 65.6 Å². The second-order valence-corrected chi connectivity index (χ2v) is 8.55. The number of anilines is 1. The van der Waals surface area contributed by atoms with Crippen LogP contribution in [-0.4, -0.2) is 46.5 Å². The van der Waals surface area contributed by atoms with Crippen LogP contribution in [0.2, 0.25) is 0 Å². The van der Waals surface area contributed by atoms with Gasteiger partial charge in [0.2, 0.25) is 5.82 Å². The molecule has 36 heavy (non-hydrogen) atoms. The van der Waals surface area contributed by atoms with Crippen LogP contribution in [0, 0.1) is 19.7 Å². The summed E-state index contributed by atoms with van der Waals surface area (Å²) in [6, 6.07) is 14.4. The molecule has 0 spiro atoms. The molecule has 0 radical (unpaired) electrons. The highest BCUT2D eigenvalue weighted by atomic mass is 19.1. The van der Waals surface area contributed by atoms with Gasteiger partial charge in [0.25, 0.3) is 5.56 Å². The van der Waals surface area contributed by atoms with Crippen LogP contribution in [-0.2, 0) is 14.2 Å². The topological polar surface area (TPSA) is 130 Å². The number of benzene rings is 2. The lowest BCUT2D eigenvalue weighted by molar-refractivity contribution is -0.0612. The number of aliphatic hydroxyl groups is 1. The minimum absolute atomic E-state index is 0.224. The molecule has 1 saturated heterocycles. The maximum absolute atomic E-state index is 14.1. The molecule has 4 atom stereocenters. The number of halogens is 1. The Morgan fingerprint density at radius 1 is 1.00 bits per heavy atom. The number of nitrogens with zero attached hydrogens (tertiary/aromatic N) is 1. The van der Waals surface area contributed by atoms with Crippen molar-refractivity contribution < 1.29 is 33.3 Å². The van der Waals surface area contributed by atoms with E-state index in [0.29, 0.717) is 5.56 Å². The van der Waals surface area contributed by atoms with Crippen molar-refractivity contribution in [3.05, 3.63) is 99.2 Å². The Morgan fingerprint density at radius 2 is 1.56 bits per heavy atom. The number of aryl methyl sites for hydroxylation is 2. The summed E-state index contributed by atoms with van der Waals surface area (Å²) in [5.74, 6) is -2.62. The Morgan fingerprint density at radius 3 is 2.14 bits per heavy atom. The molecule has 4 rings (SSSR count). The van der Waals surface area contributed by atoms with Crippen LogP contribution in [0.1, 0.15) is 38.1 Å². The number of carbonyl (C=O) groups is 2. The molecule has 1 aliphatic heterocycles. The lowest BCUT2D eigenvalue weighted by Gasteiger charge is -2.21. The molecule has 0 saturated carbocycles. The lowest BCUT2D eigenvalue weighted by Crippen LogP contribution is -2.39. The van der Waals surface area contributed by atoms with Crippen molar-refractivity contribution in [2.45, 2.75) is 38.4 Å². The molecule has 0 bridgehead atoms. The van der Waals surface area contributed by atoms with Gasteiger partial charge in [0.1, 0.15) is 18.8 Å². The molecule has 2 aromatic carbocycles. The van der Waals surface area contributed by atoms with E-state index in [0.717, 1.165) is 28.0 Å². The average molecular weight is 496 g/mol. The molecule has 3 N–H and O–H groups in total. The predicted octanol–water partition coefficient (Wildman–Crippen LogP) is 2.53. The molecule has 1 aliphatic rings. The lowest BCUT2D eigenvalue weighted by atomic mass is 10.1. The standard InChI is InChI=1S/C26H25FN2O7/c1-14-3-7-16(8-4-14)25(32)34-13-19-22(36-26(33)17-9-5-15(2)6-10-17)21(30)24(35-19)29-12-11-18(28)20(27)23(29)31/h3-12,19,21-22,24,30H,13,28H2,1-2H3/t19?,21-,22-,24-/m1/s1. The number of nitrogens with two attached hydrogens (primary N) is 1. The summed E-state index contributed by atoms with van der Waals surface area (Å²) < 4.78 is 31.6. The highest BCUT2D eigenvalue weighted by Crippen LogP contribution is 2.32. The number of rotatable bonds is 6. The van der Waals surface area contributed by atoms with Crippen molar-refractivity contribution in [3.8, 4) is 0 Å². The summed E-state index contributed by atoms with van der Waals surface area (Å²) in [6.07, 6.45) is -4.33. The van der Waals surface area contributed by atoms with Gasteiger partial charge >= 0.3 is 11.9 Å². The van der Waals surface area contributed by atoms with Crippen LogP contribution in [0.5, 0.6) is 0 Å². The first-order valence-electron chi connectivity index (χ1n) is 11.2. The van der Waals surface area contributed by atoms with E-state index in [4.69, 9.17) is 19.9 Å². The molecule has 10 heteroatoms. The normalized spacial score (nSPS) is 21.2. The van der Waals surface area contributed by atoms with Crippen LogP contribution < -0.4 is 11.3 Å². The fraction of sp³-hybridized carbons (Fsp3) is 0.269. The van der Waals surface area contributed by atoms with Gasteiger partial charge in [-0.05, 0) is 44.2 Å². The second-order valence-electron chi connectivity index (χ2n) is 8.55. The van der Waals surface area contributed by atoms with E-state index >= 15 is 0 Å². The van der Waals surface area contributed by atoms with E-state index in [1.165, 1.54) is 0 Å². The summed E-state index contributed by atoms with van der Waals surface area (Å²) in [7, 11) is 0. The highest BCUT2D eigenvalue weighted by Gasteiger charge is 2.48. The Balaban J connectivity index is 1.58. The molecular weight excluding hydrogens is 471 g/mol. The fourth-order valence-electron chi connectivity index (χ4n) is 3.78. The monoisotopic (exact) mass is 496 g/mol. The molecule has 0 aliphatic carbocycles. The van der Waals surface area contributed by atoms with Gasteiger partial charge in [0.05, 0.1) is 16.8 Å². The minimum atomic E-state index is -1.58.